The van der Waals surface area contributed by atoms with Crippen LogP contribution in [0.4, 0.5) is 10.5 Å². The van der Waals surface area contributed by atoms with Crippen LogP contribution < -0.4 is 10.6 Å². The van der Waals surface area contributed by atoms with E-state index in [9.17, 15) is 4.79 Å². The lowest BCUT2D eigenvalue weighted by Crippen LogP contribution is -2.46. The molecular formula is C28H32N4O. The number of anilines is 1. The van der Waals surface area contributed by atoms with Crippen molar-refractivity contribution in [2.45, 2.75) is 31.0 Å². The maximum atomic E-state index is 13.3. The maximum Gasteiger partial charge on any atom is 0.318 e. The molecule has 0 unspecified atom stereocenters. The third-order valence-corrected chi connectivity index (χ3v) is 7.14. The Hall–Kier alpha value is -3.31. The van der Waals surface area contributed by atoms with Gasteiger partial charge >= 0.3 is 6.03 Å². The van der Waals surface area contributed by atoms with E-state index in [0.29, 0.717) is 6.54 Å². The molecule has 3 aromatic rings. The molecule has 3 aromatic carbocycles. The van der Waals surface area contributed by atoms with E-state index >= 15 is 0 Å². The number of nitrogens with zero attached hydrogens (tertiary/aromatic N) is 2. The summed E-state index contributed by atoms with van der Waals surface area (Å²) in [7, 11) is 1.95. The van der Waals surface area contributed by atoms with Crippen LogP contribution in [0.1, 0.15) is 29.5 Å². The summed E-state index contributed by atoms with van der Waals surface area (Å²) in [5.74, 6) is 0. The lowest BCUT2D eigenvalue weighted by molar-refractivity contribution is 0.129. The van der Waals surface area contributed by atoms with Crippen molar-refractivity contribution in [1.29, 1.82) is 0 Å². The van der Waals surface area contributed by atoms with Crippen molar-refractivity contribution in [3.63, 3.8) is 0 Å². The Bertz CT molecular complexity index is 1040. The highest BCUT2D eigenvalue weighted by molar-refractivity contribution is 5.80. The Morgan fingerprint density at radius 3 is 2.15 bits per heavy atom. The first-order valence-corrected chi connectivity index (χ1v) is 11.9. The summed E-state index contributed by atoms with van der Waals surface area (Å²) in [5.41, 5.74) is 4.23. The highest BCUT2D eigenvalue weighted by atomic mass is 16.2. The van der Waals surface area contributed by atoms with Gasteiger partial charge < -0.3 is 15.5 Å². The van der Waals surface area contributed by atoms with Crippen molar-refractivity contribution in [2.24, 2.45) is 0 Å². The number of likely N-dealkylation sites (tertiary alicyclic amines) is 1. The van der Waals surface area contributed by atoms with Crippen molar-refractivity contribution in [3.8, 4) is 0 Å². The first-order valence-electron chi connectivity index (χ1n) is 11.9. The number of hydrogen-bond donors (Lipinski definition) is 2. The number of piperidine rings is 1. The topological polar surface area (TPSA) is 47.6 Å². The number of urea groups is 1. The minimum atomic E-state index is -0.510. The Kier molecular flexibility index (Phi) is 6.05. The molecule has 2 saturated heterocycles. The van der Waals surface area contributed by atoms with Crippen LogP contribution in [0.15, 0.2) is 84.9 Å². The smallest absolute Gasteiger partial charge is 0.318 e. The summed E-state index contributed by atoms with van der Waals surface area (Å²) >= 11 is 0. The SMILES string of the molecule is CNc1cccc(CN2CCC(N3CC(c4ccccc4)(c4ccccc4)NC3=O)CC2)c1. The van der Waals surface area contributed by atoms with Crippen molar-refractivity contribution in [1.82, 2.24) is 15.1 Å². The summed E-state index contributed by atoms with van der Waals surface area (Å²) in [6.45, 7) is 3.62. The highest BCUT2D eigenvalue weighted by Gasteiger charge is 2.47. The predicted octanol–water partition coefficient (Wildman–Crippen LogP) is 4.66. The molecule has 0 saturated carbocycles. The van der Waals surface area contributed by atoms with Gasteiger partial charge in [0.15, 0.2) is 0 Å². The van der Waals surface area contributed by atoms with Crippen LogP contribution in [0, 0.1) is 0 Å². The van der Waals surface area contributed by atoms with Gasteiger partial charge in [0.2, 0.25) is 0 Å². The molecule has 2 fully saturated rings. The van der Waals surface area contributed by atoms with Crippen molar-refractivity contribution in [2.75, 3.05) is 32.0 Å². The van der Waals surface area contributed by atoms with E-state index in [4.69, 9.17) is 0 Å². The summed E-state index contributed by atoms with van der Waals surface area (Å²) < 4.78 is 0. The number of benzene rings is 3. The zero-order chi connectivity index (χ0) is 22.7. The van der Waals surface area contributed by atoms with E-state index < -0.39 is 5.54 Å². The van der Waals surface area contributed by atoms with E-state index in [0.717, 1.165) is 49.3 Å². The predicted molar refractivity (Wildman–Crippen MR) is 133 cm³/mol. The molecule has 2 heterocycles. The van der Waals surface area contributed by atoms with Gasteiger partial charge in [-0.05, 0) is 41.7 Å². The number of nitrogens with one attached hydrogen (secondary N) is 2. The minimum absolute atomic E-state index is 0.0443. The van der Waals surface area contributed by atoms with Crippen LogP contribution in [0.3, 0.4) is 0 Å². The molecule has 0 aromatic heterocycles. The van der Waals surface area contributed by atoms with Crippen LogP contribution in [0.5, 0.6) is 0 Å². The average molecular weight is 441 g/mol. The van der Waals surface area contributed by atoms with E-state index in [2.05, 4.69) is 93.2 Å². The number of hydrogen-bond acceptors (Lipinski definition) is 3. The zero-order valence-corrected chi connectivity index (χ0v) is 19.2. The number of carbonyl (C=O) groups excluding carboxylic acids is 1. The van der Waals surface area contributed by atoms with Crippen LogP contribution in [0.2, 0.25) is 0 Å². The van der Waals surface area contributed by atoms with E-state index in [-0.39, 0.29) is 12.1 Å². The third kappa shape index (κ3) is 4.33. The molecule has 2 amide bonds. The number of rotatable bonds is 6. The molecule has 5 rings (SSSR count). The highest BCUT2D eigenvalue weighted by Crippen LogP contribution is 2.36. The van der Waals surface area contributed by atoms with Gasteiger partial charge in [0.1, 0.15) is 5.54 Å². The lowest BCUT2D eigenvalue weighted by atomic mass is 9.83. The number of carbonyl (C=O) groups is 1. The van der Waals surface area contributed by atoms with Crippen molar-refractivity contribution in [3.05, 3.63) is 102 Å². The van der Waals surface area contributed by atoms with Gasteiger partial charge in [0.05, 0.1) is 6.54 Å². The van der Waals surface area contributed by atoms with Crippen LogP contribution in [-0.4, -0.2) is 48.6 Å². The molecule has 0 aliphatic carbocycles. The third-order valence-electron chi connectivity index (χ3n) is 7.14. The van der Waals surface area contributed by atoms with Gasteiger partial charge in [-0.25, -0.2) is 4.79 Å². The van der Waals surface area contributed by atoms with Crippen LogP contribution in [-0.2, 0) is 12.1 Å². The standard InChI is InChI=1S/C28H32N4O/c1-29-25-14-8-9-22(19-25)20-31-17-15-26(16-18-31)32-21-28(30-27(32)33,23-10-4-2-5-11-23)24-12-6-3-7-13-24/h2-14,19,26,29H,15-18,20-21H2,1H3,(H,30,33). The van der Waals surface area contributed by atoms with Crippen LogP contribution in [0.25, 0.3) is 0 Å². The quantitative estimate of drug-likeness (QED) is 0.586. The molecule has 170 valence electrons. The molecule has 2 N–H and O–H groups in total. The fourth-order valence-electron chi connectivity index (χ4n) is 5.33. The Morgan fingerprint density at radius 1 is 0.909 bits per heavy atom. The molecule has 0 radical (unpaired) electrons. The fraction of sp³-hybridized carbons (Fsp3) is 0.321. The molecule has 0 bridgehead atoms. The average Bonchev–Trinajstić information content (AvgIpc) is 3.24. The van der Waals surface area contributed by atoms with Gasteiger partial charge in [-0.1, -0.05) is 72.8 Å². The van der Waals surface area contributed by atoms with Crippen molar-refractivity contribution < 1.29 is 4.79 Å². The largest absolute Gasteiger partial charge is 0.388 e. The summed E-state index contributed by atoms with van der Waals surface area (Å²) in [6, 6.07) is 29.7. The Balaban J connectivity index is 1.30. The first kappa shape index (κ1) is 21.5. The second-order valence-corrected chi connectivity index (χ2v) is 9.15. The molecule has 5 nitrogen and oxygen atoms in total. The Morgan fingerprint density at radius 2 is 1.55 bits per heavy atom. The maximum absolute atomic E-state index is 13.3. The van der Waals surface area contributed by atoms with E-state index in [1.54, 1.807) is 0 Å². The molecular weight excluding hydrogens is 408 g/mol. The summed E-state index contributed by atoms with van der Waals surface area (Å²) in [5, 5.41) is 6.60. The van der Waals surface area contributed by atoms with Crippen LogP contribution >= 0.6 is 0 Å². The zero-order valence-electron chi connectivity index (χ0n) is 19.2. The van der Waals surface area contributed by atoms with E-state index in [1.165, 1.54) is 5.56 Å². The molecule has 0 atom stereocenters. The normalized spacial score (nSPS) is 18.8. The first-order chi connectivity index (χ1) is 16.2. The monoisotopic (exact) mass is 440 g/mol. The minimum Gasteiger partial charge on any atom is -0.388 e. The molecule has 2 aliphatic heterocycles. The van der Waals surface area contributed by atoms with Gasteiger partial charge in [-0.2, -0.15) is 0 Å². The number of amides is 2. The lowest BCUT2D eigenvalue weighted by Gasteiger charge is -2.37. The van der Waals surface area contributed by atoms with Gasteiger partial charge in [0, 0.05) is 38.4 Å². The van der Waals surface area contributed by atoms with E-state index in [1.807, 2.05) is 19.2 Å². The van der Waals surface area contributed by atoms with Gasteiger partial charge in [0.25, 0.3) is 0 Å². The molecule has 5 heteroatoms. The fourth-order valence-corrected chi connectivity index (χ4v) is 5.33. The molecule has 33 heavy (non-hydrogen) atoms. The van der Waals surface area contributed by atoms with Crippen molar-refractivity contribution >= 4 is 11.7 Å². The van der Waals surface area contributed by atoms with Gasteiger partial charge in [-0.3, -0.25) is 4.90 Å². The molecule has 0 spiro atoms. The second kappa shape index (κ2) is 9.28. The van der Waals surface area contributed by atoms with Gasteiger partial charge in [-0.15, -0.1) is 0 Å². The summed E-state index contributed by atoms with van der Waals surface area (Å²) in [4.78, 5) is 17.9. The Labute approximate surface area is 196 Å². The summed E-state index contributed by atoms with van der Waals surface area (Å²) in [6.07, 6.45) is 2.00. The second-order valence-electron chi connectivity index (χ2n) is 9.15. The molecule has 2 aliphatic rings.